The van der Waals surface area contributed by atoms with Crippen LogP contribution in [0.25, 0.3) is 0 Å². The molecule has 0 bridgehead atoms. The Kier molecular flexibility index (Phi) is 68.3. The molecule has 0 aliphatic rings. The van der Waals surface area contributed by atoms with E-state index < -0.39 is 26.6 Å². The standard InChI is InChI=1S/C82H145N2O6P/c1-6-8-10-12-14-16-18-20-22-24-26-28-30-32-34-36-38-39-40-41-42-43-44-45-46-48-50-52-54-56-58-60-62-64-66-68-70-72-74-76-82(86)83-80(79-90-91(87,88)89-78-77-84(3,4)5)81(85)75-73-71-69-67-65-63-61-59-57-55-53-51-49-47-37-35-33-31-29-27-25-23-21-19-17-15-13-11-9-7-2/h8,10,14,16,20,22,26,28,32,34,38-39,41-42,44-45,57,59,65,67,73,75,80-81,85H,6-7,9,11-13,15,17-19,21,23-25,27,29-31,33,35-37,40,43,46-56,58,60-64,66,68-72,74,76-79H2,1-5H3,(H-,83,86,87,88)/b10-8-,16-14-,22-20-,28-26-,34-32-,39-38-,42-41-,45-44-,59-57+,67-65+,75-73+. The van der Waals surface area contributed by atoms with Crippen LogP contribution in [0.3, 0.4) is 0 Å². The number of unbranched alkanes of at least 4 members (excludes halogenated alkanes) is 36. The van der Waals surface area contributed by atoms with Crippen molar-refractivity contribution in [1.29, 1.82) is 0 Å². The number of nitrogens with zero attached hydrogens (tertiary/aromatic N) is 1. The number of quaternary nitrogens is 1. The molecule has 91 heavy (non-hydrogen) atoms. The number of phosphoric acid groups is 1. The summed E-state index contributed by atoms with van der Waals surface area (Å²) in [6.45, 7) is 4.53. The van der Waals surface area contributed by atoms with E-state index in [0.717, 1.165) is 96.3 Å². The number of hydrogen-bond donors (Lipinski definition) is 2. The van der Waals surface area contributed by atoms with Gasteiger partial charge in [0.05, 0.1) is 39.9 Å². The van der Waals surface area contributed by atoms with Crippen molar-refractivity contribution in [3.8, 4) is 0 Å². The van der Waals surface area contributed by atoms with Crippen molar-refractivity contribution in [3.05, 3.63) is 134 Å². The molecule has 0 heterocycles. The minimum absolute atomic E-state index is 0.0139. The Hall–Kier alpha value is -3.36. The maximum atomic E-state index is 13.1. The van der Waals surface area contributed by atoms with Crippen molar-refractivity contribution in [2.75, 3.05) is 40.9 Å². The SMILES string of the molecule is CC/C=C\C/C=C\C/C=C\C/C=C\C/C=C\C/C=C\C/C=C\C/C=C\CCCCCCCCCCCCCCCCC(=O)NC(COP(=O)([O-])OCC[N+](C)(C)C)C(O)/C=C/CC/C=C/CC/C=C/CCCCCCCCCCCCCCCCCCCCCC. The smallest absolute Gasteiger partial charge is 0.268 e. The van der Waals surface area contributed by atoms with Crippen LogP contribution in [0.5, 0.6) is 0 Å². The van der Waals surface area contributed by atoms with Gasteiger partial charge in [-0.2, -0.15) is 0 Å². The number of carbonyl (C=O) groups excluding carboxylic acids is 1. The average Bonchev–Trinajstić information content (AvgIpc) is 3.58. The van der Waals surface area contributed by atoms with E-state index in [9.17, 15) is 19.4 Å². The van der Waals surface area contributed by atoms with Crippen LogP contribution in [0, 0.1) is 0 Å². The number of aliphatic hydroxyl groups is 1. The highest BCUT2D eigenvalue weighted by atomic mass is 31.2. The van der Waals surface area contributed by atoms with Gasteiger partial charge in [-0.3, -0.25) is 9.36 Å². The Labute approximate surface area is 564 Å². The van der Waals surface area contributed by atoms with Crippen LogP contribution >= 0.6 is 7.82 Å². The van der Waals surface area contributed by atoms with Crippen LogP contribution in [0.1, 0.15) is 328 Å². The Bertz CT molecular complexity index is 1950. The highest BCUT2D eigenvalue weighted by Crippen LogP contribution is 2.38. The van der Waals surface area contributed by atoms with Gasteiger partial charge in [-0.15, -0.1) is 0 Å². The Morgan fingerprint density at radius 2 is 0.681 bits per heavy atom. The van der Waals surface area contributed by atoms with Crippen LogP contribution in [0.2, 0.25) is 0 Å². The molecule has 0 aromatic heterocycles. The molecule has 1 amide bonds. The van der Waals surface area contributed by atoms with E-state index in [1.807, 2.05) is 27.2 Å². The zero-order valence-electron chi connectivity index (χ0n) is 60.0. The highest BCUT2D eigenvalue weighted by molar-refractivity contribution is 7.45. The van der Waals surface area contributed by atoms with Gasteiger partial charge in [0.1, 0.15) is 13.2 Å². The van der Waals surface area contributed by atoms with E-state index in [4.69, 9.17) is 9.05 Å². The third-order valence-electron chi connectivity index (χ3n) is 16.6. The van der Waals surface area contributed by atoms with Gasteiger partial charge in [0, 0.05) is 6.42 Å². The van der Waals surface area contributed by atoms with Gasteiger partial charge in [-0.25, -0.2) is 0 Å². The van der Waals surface area contributed by atoms with Crippen molar-refractivity contribution in [1.82, 2.24) is 5.32 Å². The van der Waals surface area contributed by atoms with Crippen molar-refractivity contribution in [2.24, 2.45) is 0 Å². The monoisotopic (exact) mass is 1290 g/mol. The molecule has 3 atom stereocenters. The maximum Gasteiger partial charge on any atom is 0.268 e. The van der Waals surface area contributed by atoms with Crippen LogP contribution < -0.4 is 10.2 Å². The van der Waals surface area contributed by atoms with Crippen LogP contribution in [0.4, 0.5) is 0 Å². The fourth-order valence-corrected chi connectivity index (χ4v) is 11.5. The number of nitrogens with one attached hydrogen (secondary N) is 1. The van der Waals surface area contributed by atoms with Crippen molar-refractivity contribution >= 4 is 13.7 Å². The molecule has 2 N–H and O–H groups in total. The topological polar surface area (TPSA) is 108 Å². The molecule has 9 heteroatoms. The van der Waals surface area contributed by atoms with Crippen LogP contribution in [-0.4, -0.2) is 68.5 Å². The summed E-state index contributed by atoms with van der Waals surface area (Å²) in [5.74, 6) is -0.213. The molecule has 0 fully saturated rings. The molecule has 524 valence electrons. The Morgan fingerprint density at radius 3 is 1.02 bits per heavy atom. The molecule has 0 spiro atoms. The van der Waals surface area contributed by atoms with Crippen molar-refractivity contribution in [2.45, 2.75) is 341 Å². The third-order valence-corrected chi connectivity index (χ3v) is 17.5. The van der Waals surface area contributed by atoms with E-state index >= 15 is 0 Å². The molecular formula is C82H145N2O6P. The number of phosphoric ester groups is 1. The lowest BCUT2D eigenvalue weighted by Crippen LogP contribution is -2.45. The third kappa shape index (κ3) is 73.9. The van der Waals surface area contributed by atoms with E-state index in [1.54, 1.807) is 6.08 Å². The quantitative estimate of drug-likeness (QED) is 0.0272. The largest absolute Gasteiger partial charge is 0.756 e. The summed E-state index contributed by atoms with van der Waals surface area (Å²) in [5, 5.41) is 14.0. The lowest BCUT2D eigenvalue weighted by Gasteiger charge is -2.29. The van der Waals surface area contributed by atoms with Crippen LogP contribution in [-0.2, 0) is 18.4 Å². The number of carbonyl (C=O) groups is 1. The van der Waals surface area contributed by atoms with Gasteiger partial charge in [-0.05, 0) is 109 Å². The van der Waals surface area contributed by atoms with E-state index in [-0.39, 0.29) is 12.5 Å². The van der Waals surface area contributed by atoms with E-state index in [1.165, 1.54) is 212 Å². The average molecular weight is 1290 g/mol. The van der Waals surface area contributed by atoms with Gasteiger partial charge < -0.3 is 28.8 Å². The van der Waals surface area contributed by atoms with Crippen molar-refractivity contribution in [3.63, 3.8) is 0 Å². The predicted molar refractivity (Wildman–Crippen MR) is 398 cm³/mol. The van der Waals surface area contributed by atoms with Gasteiger partial charge in [0.15, 0.2) is 0 Å². The highest BCUT2D eigenvalue weighted by Gasteiger charge is 2.23. The first-order valence-corrected chi connectivity index (χ1v) is 39.5. The molecule has 0 saturated carbocycles. The summed E-state index contributed by atoms with van der Waals surface area (Å²) in [6, 6.07) is -0.920. The molecule has 0 aromatic carbocycles. The van der Waals surface area contributed by atoms with E-state index in [0.29, 0.717) is 17.4 Å². The van der Waals surface area contributed by atoms with Crippen molar-refractivity contribution < 1.29 is 32.9 Å². The molecule has 0 radical (unpaired) electrons. The summed E-state index contributed by atoms with van der Waals surface area (Å²) >= 11 is 0. The second-order valence-electron chi connectivity index (χ2n) is 26.6. The summed E-state index contributed by atoms with van der Waals surface area (Å²) < 4.78 is 23.5. The number of likely N-dealkylation sites (N-methyl/N-ethyl adjacent to an activating group) is 1. The number of rotatable bonds is 69. The Balaban J connectivity index is 4.10. The molecule has 3 unspecified atom stereocenters. The first-order valence-electron chi connectivity index (χ1n) is 38.0. The number of hydrogen-bond acceptors (Lipinski definition) is 6. The molecule has 0 aliphatic heterocycles. The summed E-state index contributed by atoms with van der Waals surface area (Å²) in [4.78, 5) is 25.7. The van der Waals surface area contributed by atoms with Gasteiger partial charge in [-0.1, -0.05) is 347 Å². The zero-order valence-corrected chi connectivity index (χ0v) is 60.9. The summed E-state index contributed by atoms with van der Waals surface area (Å²) in [7, 11) is 1.23. The zero-order chi connectivity index (χ0) is 66.2. The van der Waals surface area contributed by atoms with E-state index in [2.05, 4.69) is 141 Å². The van der Waals surface area contributed by atoms with Gasteiger partial charge in [0.25, 0.3) is 7.82 Å². The lowest BCUT2D eigenvalue weighted by molar-refractivity contribution is -0.870. The normalized spacial score (nSPS) is 14.3. The molecule has 8 nitrogen and oxygen atoms in total. The molecule has 0 aliphatic carbocycles. The second-order valence-corrected chi connectivity index (χ2v) is 28.0. The lowest BCUT2D eigenvalue weighted by atomic mass is 10.0. The fraction of sp³-hybridized carbons (Fsp3) is 0.720. The summed E-state index contributed by atoms with van der Waals surface area (Å²) in [5.41, 5.74) is 0. The first kappa shape index (κ1) is 87.6. The minimum atomic E-state index is -4.63. The molecular weight excluding hydrogens is 1140 g/mol. The molecule has 0 aromatic rings. The maximum absolute atomic E-state index is 13.1. The fourth-order valence-electron chi connectivity index (χ4n) is 10.7. The van der Waals surface area contributed by atoms with Gasteiger partial charge in [0.2, 0.25) is 5.91 Å². The first-order chi connectivity index (χ1) is 44.5. The number of amides is 1. The molecule has 0 rings (SSSR count). The number of aliphatic hydroxyl groups excluding tert-OH is 1. The van der Waals surface area contributed by atoms with Crippen LogP contribution in [0.15, 0.2) is 134 Å². The summed E-state index contributed by atoms with van der Waals surface area (Å²) in [6.07, 6.45) is 107. The minimum Gasteiger partial charge on any atom is -0.756 e. The Morgan fingerprint density at radius 1 is 0.396 bits per heavy atom. The predicted octanol–water partition coefficient (Wildman–Crippen LogP) is 24.3. The molecule has 0 saturated heterocycles. The second kappa shape index (κ2) is 70.9. The number of allylic oxidation sites excluding steroid dienone is 21. The van der Waals surface area contributed by atoms with Gasteiger partial charge >= 0.3 is 0 Å².